The van der Waals surface area contributed by atoms with E-state index < -0.39 is 0 Å². The molecule has 0 bridgehead atoms. The van der Waals surface area contributed by atoms with Crippen molar-refractivity contribution >= 4 is 23.4 Å². The summed E-state index contributed by atoms with van der Waals surface area (Å²) >= 11 is 1.38. The number of benzene rings is 2. The van der Waals surface area contributed by atoms with E-state index in [4.69, 9.17) is 0 Å². The van der Waals surface area contributed by atoms with E-state index in [2.05, 4.69) is 15.5 Å². The molecule has 1 N–H and O–H groups in total. The van der Waals surface area contributed by atoms with Gasteiger partial charge in [-0.1, -0.05) is 53.7 Å². The normalized spacial score (nSPS) is 10.7. The number of nitrogens with one attached hydrogen (secondary N) is 1. The second-order valence-corrected chi connectivity index (χ2v) is 6.83. The van der Waals surface area contributed by atoms with Crippen LogP contribution in [0, 0.1) is 13.8 Å². The van der Waals surface area contributed by atoms with Crippen LogP contribution in [0.4, 0.5) is 5.69 Å². The van der Waals surface area contributed by atoms with Crippen LogP contribution in [0.2, 0.25) is 0 Å². The zero-order chi connectivity index (χ0) is 17.8. The number of anilines is 1. The van der Waals surface area contributed by atoms with Gasteiger partial charge in [-0.05, 0) is 31.5 Å². The van der Waals surface area contributed by atoms with Gasteiger partial charge in [-0.2, -0.15) is 0 Å². The Morgan fingerprint density at radius 1 is 1.08 bits per heavy atom. The highest BCUT2D eigenvalue weighted by atomic mass is 32.2. The van der Waals surface area contributed by atoms with E-state index in [1.165, 1.54) is 11.8 Å². The number of carbonyl (C=O) groups is 1. The fourth-order valence-electron chi connectivity index (χ4n) is 2.46. The molecule has 5 nitrogen and oxygen atoms in total. The van der Waals surface area contributed by atoms with Crippen molar-refractivity contribution in [3.8, 4) is 11.4 Å². The molecule has 1 amide bonds. The largest absolute Gasteiger partial charge is 0.325 e. The van der Waals surface area contributed by atoms with Crippen molar-refractivity contribution in [2.75, 3.05) is 11.1 Å². The highest BCUT2D eigenvalue weighted by Gasteiger charge is 2.14. The molecule has 6 heteroatoms. The van der Waals surface area contributed by atoms with Gasteiger partial charge in [0.2, 0.25) is 5.91 Å². The maximum atomic E-state index is 12.1. The highest BCUT2D eigenvalue weighted by Crippen LogP contribution is 2.25. The number of carbonyl (C=O) groups excluding carboxylic acids is 1. The SMILES string of the molecule is Cc1ccc(NC(=O)CSc2nnc(-c3ccccc3C)n2C)cc1. The Bertz CT molecular complexity index is 887. The van der Waals surface area contributed by atoms with Gasteiger partial charge in [-0.15, -0.1) is 10.2 Å². The predicted molar refractivity (Wildman–Crippen MR) is 102 cm³/mol. The molecule has 0 spiro atoms. The standard InChI is InChI=1S/C19H20N4OS/c1-13-8-10-15(11-9-13)20-17(24)12-25-19-22-21-18(23(19)3)16-7-5-4-6-14(16)2/h4-11H,12H2,1-3H3,(H,20,24). The van der Waals surface area contributed by atoms with Crippen LogP contribution in [-0.4, -0.2) is 26.4 Å². The lowest BCUT2D eigenvalue weighted by Gasteiger charge is -2.07. The van der Waals surface area contributed by atoms with Crippen LogP contribution in [0.15, 0.2) is 53.7 Å². The molecular formula is C19H20N4OS. The summed E-state index contributed by atoms with van der Waals surface area (Å²) in [5.74, 6) is 1.03. The molecular weight excluding hydrogens is 332 g/mol. The van der Waals surface area contributed by atoms with Crippen molar-refractivity contribution in [2.45, 2.75) is 19.0 Å². The van der Waals surface area contributed by atoms with Crippen molar-refractivity contribution < 1.29 is 4.79 Å². The molecule has 0 atom stereocenters. The number of hydrogen-bond donors (Lipinski definition) is 1. The first-order valence-corrected chi connectivity index (χ1v) is 8.98. The first-order chi connectivity index (χ1) is 12.0. The number of aromatic nitrogens is 3. The van der Waals surface area contributed by atoms with Gasteiger partial charge in [0.25, 0.3) is 0 Å². The molecule has 2 aromatic carbocycles. The zero-order valence-corrected chi connectivity index (χ0v) is 15.3. The van der Waals surface area contributed by atoms with Gasteiger partial charge in [-0.25, -0.2) is 0 Å². The molecule has 3 rings (SSSR count). The van der Waals surface area contributed by atoms with Gasteiger partial charge >= 0.3 is 0 Å². The third-order valence-electron chi connectivity index (χ3n) is 3.89. The molecule has 0 aliphatic carbocycles. The molecule has 0 aliphatic heterocycles. The maximum absolute atomic E-state index is 12.1. The van der Waals surface area contributed by atoms with E-state index in [0.29, 0.717) is 0 Å². The van der Waals surface area contributed by atoms with Crippen LogP contribution in [-0.2, 0) is 11.8 Å². The molecule has 0 unspecified atom stereocenters. The van der Waals surface area contributed by atoms with Crippen LogP contribution in [0.1, 0.15) is 11.1 Å². The molecule has 128 valence electrons. The summed E-state index contributed by atoms with van der Waals surface area (Å²) in [5, 5.41) is 12.1. The topological polar surface area (TPSA) is 59.8 Å². The monoisotopic (exact) mass is 352 g/mol. The van der Waals surface area contributed by atoms with E-state index in [9.17, 15) is 4.79 Å². The van der Waals surface area contributed by atoms with Crippen molar-refractivity contribution in [3.63, 3.8) is 0 Å². The Balaban J connectivity index is 1.65. The quantitative estimate of drug-likeness (QED) is 0.709. The zero-order valence-electron chi connectivity index (χ0n) is 14.5. The van der Waals surface area contributed by atoms with Crippen LogP contribution in [0.5, 0.6) is 0 Å². The summed E-state index contributed by atoms with van der Waals surface area (Å²) in [6.07, 6.45) is 0. The van der Waals surface area contributed by atoms with Crippen LogP contribution in [0.25, 0.3) is 11.4 Å². The predicted octanol–water partition coefficient (Wildman–Crippen LogP) is 3.83. The summed E-state index contributed by atoms with van der Waals surface area (Å²) in [7, 11) is 1.92. The first kappa shape index (κ1) is 17.2. The third kappa shape index (κ3) is 4.09. The number of nitrogens with zero attached hydrogens (tertiary/aromatic N) is 3. The van der Waals surface area contributed by atoms with Gasteiger partial charge < -0.3 is 9.88 Å². The van der Waals surface area contributed by atoms with Crippen LogP contribution < -0.4 is 5.32 Å². The molecule has 0 aliphatic rings. The van der Waals surface area contributed by atoms with Gasteiger partial charge in [0.1, 0.15) is 0 Å². The van der Waals surface area contributed by atoms with E-state index in [1.54, 1.807) is 0 Å². The Labute approximate surface area is 151 Å². The lowest BCUT2D eigenvalue weighted by Crippen LogP contribution is -2.14. The van der Waals surface area contributed by atoms with Gasteiger partial charge in [0.15, 0.2) is 11.0 Å². The molecule has 0 radical (unpaired) electrons. The summed E-state index contributed by atoms with van der Waals surface area (Å²) in [6.45, 7) is 4.06. The van der Waals surface area contributed by atoms with E-state index in [-0.39, 0.29) is 11.7 Å². The van der Waals surface area contributed by atoms with Crippen LogP contribution in [0.3, 0.4) is 0 Å². The Morgan fingerprint density at radius 3 is 2.52 bits per heavy atom. The number of amides is 1. The fourth-order valence-corrected chi connectivity index (χ4v) is 3.17. The first-order valence-electron chi connectivity index (χ1n) is 7.99. The number of thioether (sulfide) groups is 1. The molecule has 3 aromatic rings. The van der Waals surface area contributed by atoms with E-state index >= 15 is 0 Å². The third-order valence-corrected chi connectivity index (χ3v) is 4.91. The lowest BCUT2D eigenvalue weighted by atomic mass is 10.1. The maximum Gasteiger partial charge on any atom is 0.234 e. The Kier molecular flexibility index (Phi) is 5.19. The summed E-state index contributed by atoms with van der Waals surface area (Å²) in [6, 6.07) is 15.8. The second-order valence-electron chi connectivity index (χ2n) is 5.88. The number of aryl methyl sites for hydroxylation is 2. The summed E-state index contributed by atoms with van der Waals surface area (Å²) in [4.78, 5) is 12.1. The molecule has 25 heavy (non-hydrogen) atoms. The average Bonchev–Trinajstić information content (AvgIpc) is 2.96. The van der Waals surface area contributed by atoms with E-state index in [1.807, 2.05) is 74.0 Å². The van der Waals surface area contributed by atoms with Gasteiger partial charge in [0.05, 0.1) is 5.75 Å². The minimum atomic E-state index is -0.0608. The molecule has 1 heterocycles. The van der Waals surface area contributed by atoms with Gasteiger partial charge in [0, 0.05) is 18.3 Å². The number of hydrogen-bond acceptors (Lipinski definition) is 4. The Hall–Kier alpha value is -2.60. The summed E-state index contributed by atoms with van der Waals surface area (Å²) in [5.41, 5.74) is 4.16. The highest BCUT2D eigenvalue weighted by molar-refractivity contribution is 7.99. The lowest BCUT2D eigenvalue weighted by molar-refractivity contribution is -0.113. The fraction of sp³-hybridized carbons (Fsp3) is 0.211. The molecule has 1 aromatic heterocycles. The molecule has 0 saturated heterocycles. The summed E-state index contributed by atoms with van der Waals surface area (Å²) < 4.78 is 1.92. The van der Waals surface area contributed by atoms with Crippen molar-refractivity contribution in [2.24, 2.45) is 7.05 Å². The Morgan fingerprint density at radius 2 is 1.80 bits per heavy atom. The van der Waals surface area contributed by atoms with Crippen molar-refractivity contribution in [3.05, 3.63) is 59.7 Å². The minimum Gasteiger partial charge on any atom is -0.325 e. The molecule has 0 fully saturated rings. The van der Waals surface area contributed by atoms with Crippen molar-refractivity contribution in [1.82, 2.24) is 14.8 Å². The van der Waals surface area contributed by atoms with Crippen molar-refractivity contribution in [1.29, 1.82) is 0 Å². The van der Waals surface area contributed by atoms with Crippen LogP contribution >= 0.6 is 11.8 Å². The second kappa shape index (κ2) is 7.53. The smallest absolute Gasteiger partial charge is 0.234 e. The van der Waals surface area contributed by atoms with Gasteiger partial charge in [-0.3, -0.25) is 4.79 Å². The van der Waals surface area contributed by atoms with E-state index in [0.717, 1.165) is 33.4 Å². The minimum absolute atomic E-state index is 0.0608. The average molecular weight is 352 g/mol. The number of rotatable bonds is 5. The molecule has 0 saturated carbocycles.